The van der Waals surface area contributed by atoms with Crippen LogP contribution in [0.3, 0.4) is 0 Å². The molecule has 2 aromatic rings. The van der Waals surface area contributed by atoms with Crippen LogP contribution in [0.15, 0.2) is 18.6 Å². The molecule has 6 nitrogen and oxygen atoms in total. The maximum atomic E-state index is 10.8. The lowest BCUT2D eigenvalue weighted by Crippen LogP contribution is -2.05. The van der Waals surface area contributed by atoms with E-state index in [1.807, 2.05) is 6.92 Å². The molecule has 0 spiro atoms. The maximum absolute atomic E-state index is 10.8. The summed E-state index contributed by atoms with van der Waals surface area (Å²) < 4.78 is 1.76. The van der Waals surface area contributed by atoms with Crippen molar-refractivity contribution in [3.05, 3.63) is 24.4 Å². The van der Waals surface area contributed by atoms with Crippen molar-refractivity contribution in [2.45, 2.75) is 19.9 Å². The molecule has 16 heavy (non-hydrogen) atoms. The fourth-order valence-electron chi connectivity index (χ4n) is 1.46. The van der Waals surface area contributed by atoms with Gasteiger partial charge >= 0.3 is 0 Å². The molecule has 0 saturated heterocycles. The molecular formula is C10H11N5O. The third-order valence-electron chi connectivity index (χ3n) is 2.14. The van der Waals surface area contributed by atoms with Gasteiger partial charge in [0.2, 0.25) is 0 Å². The number of carbonyl (C=O) groups is 1. The third kappa shape index (κ3) is 1.81. The summed E-state index contributed by atoms with van der Waals surface area (Å²) >= 11 is 0. The molecule has 0 aliphatic heterocycles. The van der Waals surface area contributed by atoms with Gasteiger partial charge in [-0.3, -0.25) is 4.79 Å². The van der Waals surface area contributed by atoms with Crippen molar-refractivity contribution in [1.82, 2.24) is 24.7 Å². The van der Waals surface area contributed by atoms with Crippen LogP contribution in [-0.4, -0.2) is 31.0 Å². The van der Waals surface area contributed by atoms with Crippen molar-refractivity contribution < 1.29 is 4.79 Å². The fraction of sp³-hybridized carbons (Fsp3) is 0.300. The molecule has 2 aromatic heterocycles. The van der Waals surface area contributed by atoms with E-state index in [1.54, 1.807) is 16.8 Å². The second-order valence-electron chi connectivity index (χ2n) is 3.25. The number of hydrogen-bond donors (Lipinski definition) is 0. The average Bonchev–Trinajstić information content (AvgIpc) is 2.74. The Balaban J connectivity index is 2.48. The Labute approximate surface area is 92.4 Å². The molecule has 2 rings (SSSR count). The Morgan fingerprint density at radius 3 is 2.94 bits per heavy atom. The highest BCUT2D eigenvalue weighted by Gasteiger charge is 2.12. The van der Waals surface area contributed by atoms with Crippen LogP contribution in [0.1, 0.15) is 24.0 Å². The van der Waals surface area contributed by atoms with Crippen LogP contribution >= 0.6 is 0 Å². The second-order valence-corrected chi connectivity index (χ2v) is 3.25. The highest BCUT2D eigenvalue weighted by Crippen LogP contribution is 2.14. The van der Waals surface area contributed by atoms with Crippen molar-refractivity contribution in [1.29, 1.82) is 0 Å². The topological polar surface area (TPSA) is 73.6 Å². The molecule has 0 aromatic carbocycles. The SMILES string of the molecule is CCCn1c(C=O)nnc1-c1ccncn1. The van der Waals surface area contributed by atoms with Crippen LogP contribution in [0.2, 0.25) is 0 Å². The minimum Gasteiger partial charge on any atom is -0.303 e. The van der Waals surface area contributed by atoms with Gasteiger partial charge in [0.15, 0.2) is 17.9 Å². The zero-order valence-electron chi connectivity index (χ0n) is 8.87. The van der Waals surface area contributed by atoms with Gasteiger partial charge in [-0.15, -0.1) is 10.2 Å². The summed E-state index contributed by atoms with van der Waals surface area (Å²) in [5, 5.41) is 7.78. The van der Waals surface area contributed by atoms with Crippen molar-refractivity contribution in [3.8, 4) is 11.5 Å². The van der Waals surface area contributed by atoms with E-state index in [1.165, 1.54) is 6.33 Å². The molecule has 0 saturated carbocycles. The van der Waals surface area contributed by atoms with Gasteiger partial charge in [0.05, 0.1) is 0 Å². The number of nitrogens with zero attached hydrogens (tertiary/aromatic N) is 5. The molecule has 0 N–H and O–H groups in total. The number of carbonyl (C=O) groups excluding carboxylic acids is 1. The molecule has 0 radical (unpaired) electrons. The lowest BCUT2D eigenvalue weighted by atomic mass is 10.3. The van der Waals surface area contributed by atoms with Crippen molar-refractivity contribution in [2.24, 2.45) is 0 Å². The standard InChI is InChI=1S/C10H11N5O/c1-2-5-15-9(6-16)13-14-10(15)8-3-4-11-7-12-8/h3-4,6-7H,2,5H2,1H3. The minimum atomic E-state index is 0.329. The molecular weight excluding hydrogens is 206 g/mol. The first kappa shape index (κ1) is 10.4. The number of aromatic nitrogens is 5. The molecule has 82 valence electrons. The van der Waals surface area contributed by atoms with Crippen LogP contribution in [0.25, 0.3) is 11.5 Å². The minimum absolute atomic E-state index is 0.329. The van der Waals surface area contributed by atoms with Crippen molar-refractivity contribution >= 4 is 6.29 Å². The smallest absolute Gasteiger partial charge is 0.197 e. The first-order valence-corrected chi connectivity index (χ1v) is 5.01. The van der Waals surface area contributed by atoms with Crippen LogP contribution in [-0.2, 0) is 6.54 Å². The van der Waals surface area contributed by atoms with Crippen LogP contribution in [0.4, 0.5) is 0 Å². The number of hydrogen-bond acceptors (Lipinski definition) is 5. The zero-order valence-corrected chi connectivity index (χ0v) is 8.87. The van der Waals surface area contributed by atoms with Crippen LogP contribution in [0.5, 0.6) is 0 Å². The summed E-state index contributed by atoms with van der Waals surface area (Å²) in [6.45, 7) is 2.72. The molecule has 0 atom stereocenters. The van der Waals surface area contributed by atoms with Crippen LogP contribution in [0, 0.1) is 0 Å². The summed E-state index contributed by atoms with van der Waals surface area (Å²) in [6.07, 6.45) is 4.68. The second kappa shape index (κ2) is 4.61. The fourth-order valence-corrected chi connectivity index (χ4v) is 1.46. The molecule has 0 amide bonds. The first-order valence-electron chi connectivity index (χ1n) is 5.01. The predicted molar refractivity (Wildman–Crippen MR) is 56.7 cm³/mol. The van der Waals surface area contributed by atoms with Gasteiger partial charge in [-0.05, 0) is 12.5 Å². The van der Waals surface area contributed by atoms with Gasteiger partial charge in [0.25, 0.3) is 0 Å². The van der Waals surface area contributed by atoms with E-state index in [0.717, 1.165) is 6.42 Å². The molecule has 0 bridgehead atoms. The lowest BCUT2D eigenvalue weighted by Gasteiger charge is -2.04. The van der Waals surface area contributed by atoms with Gasteiger partial charge in [-0.2, -0.15) is 0 Å². The maximum Gasteiger partial charge on any atom is 0.197 e. The summed E-state index contributed by atoms with van der Waals surface area (Å²) in [5.41, 5.74) is 0.670. The normalized spacial score (nSPS) is 10.3. The lowest BCUT2D eigenvalue weighted by molar-refractivity contribution is 0.111. The molecule has 6 heteroatoms. The Hall–Kier alpha value is -2.11. The largest absolute Gasteiger partial charge is 0.303 e. The summed E-state index contributed by atoms with van der Waals surface area (Å²) in [5.74, 6) is 0.932. The Kier molecular flexibility index (Phi) is 3.00. The van der Waals surface area contributed by atoms with E-state index < -0.39 is 0 Å². The first-order chi connectivity index (χ1) is 7.86. The van der Waals surface area contributed by atoms with Gasteiger partial charge in [0, 0.05) is 12.7 Å². The van der Waals surface area contributed by atoms with E-state index in [0.29, 0.717) is 30.2 Å². The predicted octanol–water partition coefficient (Wildman–Crippen LogP) is 0.958. The Morgan fingerprint density at radius 2 is 2.31 bits per heavy atom. The molecule has 0 fully saturated rings. The van der Waals surface area contributed by atoms with E-state index in [2.05, 4.69) is 20.2 Å². The third-order valence-corrected chi connectivity index (χ3v) is 2.14. The van der Waals surface area contributed by atoms with Gasteiger partial charge in [-0.1, -0.05) is 6.92 Å². The molecule has 0 aliphatic carbocycles. The van der Waals surface area contributed by atoms with Gasteiger partial charge < -0.3 is 4.57 Å². The summed E-state index contributed by atoms with van der Waals surface area (Å²) in [4.78, 5) is 18.7. The van der Waals surface area contributed by atoms with E-state index in [-0.39, 0.29) is 0 Å². The van der Waals surface area contributed by atoms with Crippen LogP contribution < -0.4 is 0 Å². The van der Waals surface area contributed by atoms with E-state index in [4.69, 9.17) is 0 Å². The van der Waals surface area contributed by atoms with Gasteiger partial charge in [0.1, 0.15) is 12.0 Å². The van der Waals surface area contributed by atoms with E-state index >= 15 is 0 Å². The molecule has 0 aliphatic rings. The summed E-state index contributed by atoms with van der Waals surface area (Å²) in [7, 11) is 0. The Morgan fingerprint density at radius 1 is 1.44 bits per heavy atom. The highest BCUT2D eigenvalue weighted by atomic mass is 16.1. The van der Waals surface area contributed by atoms with Crippen molar-refractivity contribution in [3.63, 3.8) is 0 Å². The zero-order chi connectivity index (χ0) is 11.4. The van der Waals surface area contributed by atoms with Gasteiger partial charge in [-0.25, -0.2) is 9.97 Å². The number of aldehydes is 1. The Bertz CT molecular complexity index is 479. The van der Waals surface area contributed by atoms with Crippen molar-refractivity contribution in [2.75, 3.05) is 0 Å². The number of rotatable bonds is 4. The van der Waals surface area contributed by atoms with E-state index in [9.17, 15) is 4.79 Å². The quantitative estimate of drug-likeness (QED) is 0.713. The highest BCUT2D eigenvalue weighted by molar-refractivity contribution is 5.70. The average molecular weight is 217 g/mol. The molecule has 0 unspecified atom stereocenters. The summed E-state index contributed by atoms with van der Waals surface area (Å²) in [6, 6.07) is 1.74. The molecule has 2 heterocycles. The monoisotopic (exact) mass is 217 g/mol.